The summed E-state index contributed by atoms with van der Waals surface area (Å²) in [6, 6.07) is 6.82. The van der Waals surface area contributed by atoms with Crippen LogP contribution in [0, 0.1) is 5.92 Å². The molecule has 1 N–H and O–H groups in total. The largest absolute Gasteiger partial charge is 0.511 e. The van der Waals surface area contributed by atoms with E-state index in [1.54, 1.807) is 15.3 Å². The third-order valence-corrected chi connectivity index (χ3v) is 4.82. The summed E-state index contributed by atoms with van der Waals surface area (Å²) in [5.41, 5.74) is 1.49. The van der Waals surface area contributed by atoms with Crippen LogP contribution < -0.4 is 4.74 Å². The second-order valence-corrected chi connectivity index (χ2v) is 7.68. The van der Waals surface area contributed by atoms with Crippen LogP contribution in [0.3, 0.4) is 0 Å². The molecule has 0 aliphatic rings. The number of alkyl halides is 3. The number of benzene rings is 2. The maximum Gasteiger partial charge on any atom is 0.511 e. The van der Waals surface area contributed by atoms with E-state index in [0.717, 1.165) is 12.1 Å². The average molecular weight is 432 g/mol. The Morgan fingerprint density at radius 1 is 1.23 bits per heavy atom. The Morgan fingerprint density at radius 3 is 2.68 bits per heavy atom. The SMILES string of the molecule is CC(C)Cn1ncc2cc(C(F)(F)F)cc(Cn3cnc4cc(OC(=O)O)ccc43)c21. The number of halogens is 3. The third kappa shape index (κ3) is 4.18. The van der Waals surface area contributed by atoms with Gasteiger partial charge in [0.15, 0.2) is 0 Å². The summed E-state index contributed by atoms with van der Waals surface area (Å²) in [4.78, 5) is 15.0. The maximum absolute atomic E-state index is 13.5. The third-order valence-electron chi connectivity index (χ3n) is 4.82. The van der Waals surface area contributed by atoms with E-state index in [1.165, 1.54) is 24.7 Å². The molecule has 10 heteroatoms. The average Bonchev–Trinajstić information content (AvgIpc) is 3.24. The summed E-state index contributed by atoms with van der Waals surface area (Å²) >= 11 is 0. The predicted molar refractivity (Wildman–Crippen MR) is 107 cm³/mol. The van der Waals surface area contributed by atoms with Crippen LogP contribution in [0.5, 0.6) is 5.75 Å². The van der Waals surface area contributed by atoms with Crippen molar-refractivity contribution in [1.82, 2.24) is 19.3 Å². The number of imidazole rings is 1. The van der Waals surface area contributed by atoms with Crippen molar-refractivity contribution in [2.75, 3.05) is 0 Å². The molecular weight excluding hydrogens is 413 g/mol. The molecule has 0 aliphatic heterocycles. The van der Waals surface area contributed by atoms with Crippen LogP contribution in [-0.2, 0) is 19.3 Å². The molecular formula is C21H19F3N4O3. The molecule has 162 valence electrons. The van der Waals surface area contributed by atoms with E-state index in [9.17, 15) is 18.0 Å². The monoisotopic (exact) mass is 432 g/mol. The van der Waals surface area contributed by atoms with Gasteiger partial charge in [-0.1, -0.05) is 13.8 Å². The molecule has 7 nitrogen and oxygen atoms in total. The minimum Gasteiger partial charge on any atom is -0.449 e. The molecule has 2 aromatic carbocycles. The zero-order chi connectivity index (χ0) is 22.3. The van der Waals surface area contributed by atoms with Gasteiger partial charge in [0.2, 0.25) is 0 Å². The van der Waals surface area contributed by atoms with E-state index >= 15 is 0 Å². The number of aromatic nitrogens is 4. The summed E-state index contributed by atoms with van der Waals surface area (Å²) in [7, 11) is 0. The highest BCUT2D eigenvalue weighted by atomic mass is 19.4. The number of hydrogen-bond acceptors (Lipinski definition) is 4. The highest BCUT2D eigenvalue weighted by Crippen LogP contribution is 2.34. The molecule has 0 atom stereocenters. The Morgan fingerprint density at radius 2 is 2.00 bits per heavy atom. The van der Waals surface area contributed by atoms with Crippen LogP contribution in [0.2, 0.25) is 0 Å². The summed E-state index contributed by atoms with van der Waals surface area (Å²) in [6.45, 7) is 4.73. The van der Waals surface area contributed by atoms with Gasteiger partial charge >= 0.3 is 12.3 Å². The molecule has 0 fully saturated rings. The van der Waals surface area contributed by atoms with E-state index in [4.69, 9.17) is 5.11 Å². The Bertz CT molecular complexity index is 1270. The maximum atomic E-state index is 13.5. The first-order valence-corrected chi connectivity index (χ1v) is 9.53. The quantitative estimate of drug-likeness (QED) is 0.348. The highest BCUT2D eigenvalue weighted by molar-refractivity contribution is 5.84. The molecule has 0 spiro atoms. The van der Waals surface area contributed by atoms with Gasteiger partial charge in [-0.05, 0) is 35.7 Å². The van der Waals surface area contributed by atoms with Crippen LogP contribution in [0.4, 0.5) is 18.0 Å². The van der Waals surface area contributed by atoms with Crippen molar-refractivity contribution in [1.29, 1.82) is 0 Å². The van der Waals surface area contributed by atoms with E-state index in [2.05, 4.69) is 14.8 Å². The number of ether oxygens (including phenoxy) is 1. The van der Waals surface area contributed by atoms with Gasteiger partial charge in [0, 0.05) is 18.0 Å². The zero-order valence-corrected chi connectivity index (χ0v) is 16.7. The first-order valence-electron chi connectivity index (χ1n) is 9.53. The van der Waals surface area contributed by atoms with Crippen molar-refractivity contribution in [2.45, 2.75) is 33.1 Å². The molecule has 2 heterocycles. The van der Waals surface area contributed by atoms with Gasteiger partial charge in [-0.3, -0.25) is 4.68 Å². The lowest BCUT2D eigenvalue weighted by Crippen LogP contribution is -2.11. The van der Waals surface area contributed by atoms with E-state index < -0.39 is 17.9 Å². The Labute approximate surface area is 174 Å². The van der Waals surface area contributed by atoms with Gasteiger partial charge < -0.3 is 14.4 Å². The lowest BCUT2D eigenvalue weighted by molar-refractivity contribution is -0.137. The minimum absolute atomic E-state index is 0.113. The summed E-state index contributed by atoms with van der Waals surface area (Å²) in [5.74, 6) is 0.377. The smallest absolute Gasteiger partial charge is 0.449 e. The van der Waals surface area contributed by atoms with Crippen molar-refractivity contribution >= 4 is 28.1 Å². The van der Waals surface area contributed by atoms with Crippen LogP contribution in [0.25, 0.3) is 21.9 Å². The van der Waals surface area contributed by atoms with Crippen LogP contribution in [0.1, 0.15) is 25.0 Å². The molecule has 31 heavy (non-hydrogen) atoms. The van der Waals surface area contributed by atoms with Crippen molar-refractivity contribution in [3.8, 4) is 5.75 Å². The standard InChI is InChI=1S/C21H19F3N4O3/c1-12(2)9-28-19-13(8-26-28)5-15(21(22,23)24)6-14(19)10-27-11-25-17-7-16(31-20(29)30)3-4-18(17)27/h3-8,11-12H,9-10H2,1-2H3,(H,29,30). The van der Waals surface area contributed by atoms with Gasteiger partial charge in [-0.2, -0.15) is 18.3 Å². The van der Waals surface area contributed by atoms with Gasteiger partial charge in [-0.15, -0.1) is 0 Å². The Hall–Kier alpha value is -3.56. The number of carbonyl (C=O) groups is 1. The molecule has 0 saturated heterocycles. The van der Waals surface area contributed by atoms with Crippen molar-refractivity contribution in [3.63, 3.8) is 0 Å². The van der Waals surface area contributed by atoms with E-state index in [-0.39, 0.29) is 18.2 Å². The van der Waals surface area contributed by atoms with Crippen LogP contribution in [0.15, 0.2) is 42.9 Å². The highest BCUT2D eigenvalue weighted by Gasteiger charge is 2.32. The number of nitrogens with zero attached hydrogens (tertiary/aromatic N) is 4. The predicted octanol–water partition coefficient (Wildman–Crippen LogP) is 5.17. The number of hydrogen-bond donors (Lipinski definition) is 1. The fourth-order valence-corrected chi connectivity index (χ4v) is 3.61. The van der Waals surface area contributed by atoms with Crippen molar-refractivity contribution in [2.24, 2.45) is 5.92 Å². The van der Waals surface area contributed by atoms with Gasteiger partial charge in [0.25, 0.3) is 0 Å². The summed E-state index contributed by atoms with van der Waals surface area (Å²) in [6.07, 6.45) is -2.96. The summed E-state index contributed by atoms with van der Waals surface area (Å²) < 4.78 is 48.5. The molecule has 2 aromatic heterocycles. The molecule has 4 rings (SSSR count). The summed E-state index contributed by atoms with van der Waals surface area (Å²) in [5, 5.41) is 13.5. The minimum atomic E-state index is -4.48. The normalized spacial score (nSPS) is 12.2. The van der Waals surface area contributed by atoms with E-state index in [1.807, 2.05) is 13.8 Å². The molecule has 0 amide bonds. The molecule has 0 bridgehead atoms. The number of carboxylic acid groups (broad SMARTS) is 1. The number of fused-ring (bicyclic) bond motifs is 2. The van der Waals surface area contributed by atoms with Gasteiger partial charge in [0.1, 0.15) is 5.75 Å². The molecule has 0 unspecified atom stereocenters. The second-order valence-electron chi connectivity index (χ2n) is 7.68. The molecule has 0 aliphatic carbocycles. The first kappa shape index (κ1) is 20.7. The Balaban J connectivity index is 1.81. The number of rotatable bonds is 5. The Kier molecular flexibility index (Phi) is 5.08. The van der Waals surface area contributed by atoms with Gasteiger partial charge in [0.05, 0.1) is 41.2 Å². The van der Waals surface area contributed by atoms with Gasteiger partial charge in [-0.25, -0.2) is 9.78 Å². The topological polar surface area (TPSA) is 82.2 Å². The van der Waals surface area contributed by atoms with Crippen molar-refractivity contribution in [3.05, 3.63) is 54.0 Å². The molecule has 0 saturated carbocycles. The molecule has 0 radical (unpaired) electrons. The fourth-order valence-electron chi connectivity index (χ4n) is 3.61. The molecule has 4 aromatic rings. The van der Waals surface area contributed by atoms with Crippen LogP contribution in [-0.4, -0.2) is 30.6 Å². The lowest BCUT2D eigenvalue weighted by atomic mass is 10.1. The zero-order valence-electron chi connectivity index (χ0n) is 16.7. The van der Waals surface area contributed by atoms with E-state index in [0.29, 0.717) is 34.0 Å². The fraction of sp³-hybridized carbons (Fsp3) is 0.286. The first-order chi connectivity index (χ1) is 14.6. The van der Waals surface area contributed by atoms with Crippen LogP contribution >= 0.6 is 0 Å². The second kappa shape index (κ2) is 7.60. The van der Waals surface area contributed by atoms with Crippen molar-refractivity contribution < 1.29 is 27.8 Å². The lowest BCUT2D eigenvalue weighted by Gasteiger charge is -2.14.